The number of aryl methyl sites for hydroxylation is 3. The molecule has 2 aromatic rings. The summed E-state index contributed by atoms with van der Waals surface area (Å²) in [4.78, 5) is 6.02. The molecular formula is C16H22N2S. The van der Waals surface area contributed by atoms with Crippen molar-refractivity contribution < 1.29 is 0 Å². The van der Waals surface area contributed by atoms with Crippen LogP contribution < -0.4 is 5.73 Å². The largest absolute Gasteiger partial charge is 0.330 e. The van der Waals surface area contributed by atoms with Crippen LogP contribution in [0.15, 0.2) is 18.2 Å². The zero-order valence-electron chi connectivity index (χ0n) is 12.2. The molecular weight excluding hydrogens is 252 g/mol. The molecule has 0 aliphatic carbocycles. The highest BCUT2D eigenvalue weighted by Gasteiger charge is 2.13. The highest BCUT2D eigenvalue weighted by molar-refractivity contribution is 7.11. The summed E-state index contributed by atoms with van der Waals surface area (Å²) in [6.45, 7) is 9.20. The van der Waals surface area contributed by atoms with E-state index in [-0.39, 0.29) is 0 Å². The molecule has 0 amide bonds. The van der Waals surface area contributed by atoms with Gasteiger partial charge in [-0.2, -0.15) is 0 Å². The Hall–Kier alpha value is -1.19. The molecule has 2 N–H and O–H groups in total. The Kier molecular flexibility index (Phi) is 4.38. The van der Waals surface area contributed by atoms with Gasteiger partial charge in [-0.15, -0.1) is 11.3 Å². The molecule has 0 fully saturated rings. The summed E-state index contributed by atoms with van der Waals surface area (Å²) in [5, 5.41) is 1.17. The van der Waals surface area contributed by atoms with Crippen molar-refractivity contribution in [3.05, 3.63) is 50.5 Å². The number of nitrogens with zero attached hydrogens (tertiary/aromatic N) is 1. The zero-order valence-corrected chi connectivity index (χ0v) is 13.0. The zero-order chi connectivity index (χ0) is 14.0. The van der Waals surface area contributed by atoms with E-state index >= 15 is 0 Å². The first kappa shape index (κ1) is 14.2. The van der Waals surface area contributed by atoms with Gasteiger partial charge in [0.1, 0.15) is 0 Å². The van der Waals surface area contributed by atoms with Crippen LogP contribution in [-0.4, -0.2) is 11.5 Å². The Bertz CT molecular complexity index is 552. The summed E-state index contributed by atoms with van der Waals surface area (Å²) in [5.74, 6) is 0.358. The molecule has 0 saturated carbocycles. The second-order valence-electron chi connectivity index (χ2n) is 5.37. The Morgan fingerprint density at radius 3 is 2.37 bits per heavy atom. The van der Waals surface area contributed by atoms with Gasteiger partial charge in [-0.1, -0.05) is 36.2 Å². The fraction of sp³-hybridized carbons (Fsp3) is 0.438. The predicted molar refractivity (Wildman–Crippen MR) is 83.0 cm³/mol. The number of thiazole rings is 1. The molecule has 0 aliphatic heterocycles. The third kappa shape index (κ3) is 3.43. The second kappa shape index (κ2) is 5.85. The lowest BCUT2D eigenvalue weighted by Crippen LogP contribution is -2.08. The summed E-state index contributed by atoms with van der Waals surface area (Å²) < 4.78 is 0. The van der Waals surface area contributed by atoms with Crippen molar-refractivity contribution >= 4 is 11.3 Å². The van der Waals surface area contributed by atoms with Crippen LogP contribution in [0.1, 0.15) is 45.1 Å². The number of aromatic nitrogens is 1. The minimum atomic E-state index is 0.358. The van der Waals surface area contributed by atoms with Gasteiger partial charge in [-0.25, -0.2) is 4.98 Å². The van der Waals surface area contributed by atoms with Crippen molar-refractivity contribution in [3.8, 4) is 0 Å². The van der Waals surface area contributed by atoms with Crippen LogP contribution in [0.4, 0.5) is 0 Å². The first-order valence-corrected chi connectivity index (χ1v) is 7.54. The highest BCUT2D eigenvalue weighted by Crippen LogP contribution is 2.26. The van der Waals surface area contributed by atoms with Gasteiger partial charge >= 0.3 is 0 Å². The highest BCUT2D eigenvalue weighted by atomic mass is 32.1. The lowest BCUT2D eigenvalue weighted by molar-refractivity contribution is 0.763. The molecule has 3 heteroatoms. The summed E-state index contributed by atoms with van der Waals surface area (Å²) >= 11 is 1.81. The third-order valence-electron chi connectivity index (χ3n) is 3.33. The Labute approximate surface area is 119 Å². The molecule has 0 aliphatic rings. The molecule has 0 radical (unpaired) electrons. The predicted octanol–water partition coefficient (Wildman–Crippen LogP) is 3.72. The van der Waals surface area contributed by atoms with Crippen molar-refractivity contribution in [2.24, 2.45) is 5.73 Å². The monoisotopic (exact) mass is 274 g/mol. The number of hydrogen-bond acceptors (Lipinski definition) is 3. The van der Waals surface area contributed by atoms with Gasteiger partial charge in [-0.3, -0.25) is 0 Å². The third-order valence-corrected chi connectivity index (χ3v) is 4.72. The van der Waals surface area contributed by atoms with Gasteiger partial charge in [0.15, 0.2) is 0 Å². The summed E-state index contributed by atoms with van der Waals surface area (Å²) in [6, 6.07) is 6.74. The standard InChI is InChI=1S/C16H22N2S/c1-10-5-11(2)7-14(6-10)8-15-13(4)18-16(19-15)12(3)9-17/h5-7,12H,8-9,17H2,1-4H3. The molecule has 0 spiro atoms. The van der Waals surface area contributed by atoms with Gasteiger partial charge in [0, 0.05) is 23.8 Å². The fourth-order valence-electron chi connectivity index (χ4n) is 2.28. The van der Waals surface area contributed by atoms with Crippen LogP contribution >= 0.6 is 11.3 Å². The smallest absolute Gasteiger partial charge is 0.0971 e. The van der Waals surface area contributed by atoms with Gasteiger partial charge in [0.2, 0.25) is 0 Å². The van der Waals surface area contributed by atoms with E-state index in [0.29, 0.717) is 12.5 Å². The van der Waals surface area contributed by atoms with E-state index < -0.39 is 0 Å². The van der Waals surface area contributed by atoms with E-state index in [1.54, 1.807) is 0 Å². The van der Waals surface area contributed by atoms with E-state index in [2.05, 4.69) is 50.9 Å². The molecule has 102 valence electrons. The maximum atomic E-state index is 5.72. The van der Waals surface area contributed by atoms with Crippen LogP contribution in [0.2, 0.25) is 0 Å². The lowest BCUT2D eigenvalue weighted by Gasteiger charge is -2.04. The van der Waals surface area contributed by atoms with Crippen molar-refractivity contribution in [3.63, 3.8) is 0 Å². The number of rotatable bonds is 4. The Morgan fingerprint density at radius 2 is 1.79 bits per heavy atom. The quantitative estimate of drug-likeness (QED) is 0.923. The molecule has 2 nitrogen and oxygen atoms in total. The second-order valence-corrected chi connectivity index (χ2v) is 6.49. The minimum Gasteiger partial charge on any atom is -0.330 e. The summed E-state index contributed by atoms with van der Waals surface area (Å²) in [6.07, 6.45) is 0.976. The molecule has 0 bridgehead atoms. The average molecular weight is 274 g/mol. The van der Waals surface area contributed by atoms with Crippen LogP contribution in [0.5, 0.6) is 0 Å². The maximum absolute atomic E-state index is 5.72. The van der Waals surface area contributed by atoms with Crippen LogP contribution in [0.3, 0.4) is 0 Å². The summed E-state index contributed by atoms with van der Waals surface area (Å²) in [7, 11) is 0. The normalized spacial score (nSPS) is 12.7. The van der Waals surface area contributed by atoms with E-state index in [1.165, 1.54) is 26.6 Å². The first-order valence-electron chi connectivity index (χ1n) is 6.73. The maximum Gasteiger partial charge on any atom is 0.0971 e. The average Bonchev–Trinajstić information content (AvgIpc) is 2.68. The lowest BCUT2D eigenvalue weighted by atomic mass is 10.0. The molecule has 19 heavy (non-hydrogen) atoms. The molecule has 0 saturated heterocycles. The molecule has 1 aromatic carbocycles. The SMILES string of the molecule is Cc1cc(C)cc(Cc2sc(C(C)CN)nc2C)c1. The van der Waals surface area contributed by atoms with Gasteiger partial charge in [-0.05, 0) is 26.3 Å². The van der Waals surface area contributed by atoms with Crippen LogP contribution in [0.25, 0.3) is 0 Å². The topological polar surface area (TPSA) is 38.9 Å². The minimum absolute atomic E-state index is 0.358. The Morgan fingerprint density at radius 1 is 1.16 bits per heavy atom. The van der Waals surface area contributed by atoms with Gasteiger partial charge in [0.05, 0.1) is 10.7 Å². The van der Waals surface area contributed by atoms with Crippen molar-refractivity contribution in [2.75, 3.05) is 6.54 Å². The van der Waals surface area contributed by atoms with Crippen molar-refractivity contribution in [1.82, 2.24) is 4.98 Å². The summed E-state index contributed by atoms with van der Waals surface area (Å²) in [5.41, 5.74) is 10.9. The van der Waals surface area contributed by atoms with E-state index in [1.807, 2.05) is 11.3 Å². The molecule has 2 rings (SSSR count). The first-order chi connectivity index (χ1) is 8.99. The van der Waals surface area contributed by atoms with Gasteiger partial charge < -0.3 is 5.73 Å². The van der Waals surface area contributed by atoms with E-state index in [9.17, 15) is 0 Å². The number of nitrogens with two attached hydrogens (primary N) is 1. The van der Waals surface area contributed by atoms with Crippen molar-refractivity contribution in [1.29, 1.82) is 0 Å². The molecule has 1 aromatic heterocycles. The molecule has 1 heterocycles. The number of benzene rings is 1. The van der Waals surface area contributed by atoms with Crippen LogP contribution in [0, 0.1) is 20.8 Å². The van der Waals surface area contributed by atoms with E-state index in [0.717, 1.165) is 12.1 Å². The fourth-order valence-corrected chi connectivity index (χ4v) is 3.45. The molecule has 1 atom stereocenters. The molecule has 1 unspecified atom stereocenters. The van der Waals surface area contributed by atoms with Gasteiger partial charge in [0.25, 0.3) is 0 Å². The van der Waals surface area contributed by atoms with Crippen molar-refractivity contribution in [2.45, 2.75) is 40.0 Å². The number of hydrogen-bond donors (Lipinski definition) is 1. The Balaban J connectivity index is 2.25. The van der Waals surface area contributed by atoms with Crippen LogP contribution in [-0.2, 0) is 6.42 Å². The van der Waals surface area contributed by atoms with E-state index in [4.69, 9.17) is 5.73 Å².